The van der Waals surface area contributed by atoms with Crippen molar-refractivity contribution in [1.29, 1.82) is 0 Å². The number of aromatic nitrogens is 2. The Bertz CT molecular complexity index is 898. The highest BCUT2D eigenvalue weighted by Gasteiger charge is 2.39. The minimum absolute atomic E-state index is 0.00894. The van der Waals surface area contributed by atoms with E-state index in [0.717, 1.165) is 35.7 Å². The third kappa shape index (κ3) is 3.73. The van der Waals surface area contributed by atoms with Crippen molar-refractivity contribution in [2.45, 2.75) is 64.6 Å². The van der Waals surface area contributed by atoms with E-state index in [1.807, 2.05) is 49.9 Å². The summed E-state index contributed by atoms with van der Waals surface area (Å²) in [6.45, 7) is 6.49. The number of fused-ring (bicyclic) bond motifs is 1. The molecule has 1 fully saturated rings. The molecule has 29 heavy (non-hydrogen) atoms. The van der Waals surface area contributed by atoms with Gasteiger partial charge in [0.2, 0.25) is 0 Å². The number of likely N-dealkylation sites (tertiary alicyclic amines) is 1. The predicted molar refractivity (Wildman–Crippen MR) is 109 cm³/mol. The Hall–Kier alpha value is -2.83. The third-order valence-electron chi connectivity index (χ3n) is 5.91. The lowest BCUT2D eigenvalue weighted by molar-refractivity contribution is -0.139. The summed E-state index contributed by atoms with van der Waals surface area (Å²) in [6.07, 6.45) is 2.64. The lowest BCUT2D eigenvalue weighted by Crippen LogP contribution is -2.52. The molecule has 1 saturated heterocycles. The SMILES string of the molecule is CCc1[nH]c(C)nc1C(=O)NC(C)[C@H]1CCCN1C(=O)C1Cc2ccccc2O1. The molecule has 0 spiro atoms. The predicted octanol–water partition coefficient (Wildman–Crippen LogP) is 2.39. The number of carbonyl (C=O) groups excluding carboxylic acids is 2. The lowest BCUT2D eigenvalue weighted by Gasteiger charge is -2.31. The van der Waals surface area contributed by atoms with Gasteiger partial charge in [-0.3, -0.25) is 9.59 Å². The maximum atomic E-state index is 13.2. The smallest absolute Gasteiger partial charge is 0.272 e. The molecule has 0 radical (unpaired) electrons. The zero-order chi connectivity index (χ0) is 20.5. The molecule has 0 saturated carbocycles. The van der Waals surface area contributed by atoms with Crippen LogP contribution in [-0.4, -0.2) is 51.4 Å². The minimum Gasteiger partial charge on any atom is -0.480 e. The Morgan fingerprint density at radius 1 is 1.38 bits per heavy atom. The summed E-state index contributed by atoms with van der Waals surface area (Å²) in [7, 11) is 0. The second-order valence-corrected chi connectivity index (χ2v) is 7.92. The summed E-state index contributed by atoms with van der Waals surface area (Å²) in [4.78, 5) is 35.3. The van der Waals surface area contributed by atoms with Crippen molar-refractivity contribution in [3.8, 4) is 5.75 Å². The number of hydrogen-bond acceptors (Lipinski definition) is 4. The van der Waals surface area contributed by atoms with Crippen molar-refractivity contribution in [1.82, 2.24) is 20.2 Å². The number of para-hydroxylation sites is 1. The van der Waals surface area contributed by atoms with Crippen LogP contribution in [0.15, 0.2) is 24.3 Å². The third-order valence-corrected chi connectivity index (χ3v) is 5.91. The molecule has 1 aromatic heterocycles. The summed E-state index contributed by atoms with van der Waals surface area (Å²) >= 11 is 0. The molecule has 2 unspecified atom stereocenters. The molecule has 0 aliphatic carbocycles. The van der Waals surface area contributed by atoms with Gasteiger partial charge in [-0.15, -0.1) is 0 Å². The number of carbonyl (C=O) groups is 2. The monoisotopic (exact) mass is 396 g/mol. The van der Waals surface area contributed by atoms with Crippen LogP contribution in [0, 0.1) is 6.92 Å². The zero-order valence-corrected chi connectivity index (χ0v) is 17.2. The zero-order valence-electron chi connectivity index (χ0n) is 17.2. The highest BCUT2D eigenvalue weighted by molar-refractivity contribution is 5.93. The van der Waals surface area contributed by atoms with Crippen molar-refractivity contribution < 1.29 is 14.3 Å². The van der Waals surface area contributed by atoms with Gasteiger partial charge in [-0.25, -0.2) is 4.98 Å². The standard InChI is InChI=1S/C22H28N4O3/c1-4-16-20(25-14(3)24-16)21(27)23-13(2)17-9-7-11-26(17)22(28)19-12-15-8-5-6-10-18(15)29-19/h5-6,8,10,13,17,19H,4,7,9,11-12H2,1-3H3,(H,23,27)(H,24,25)/t13?,17-,19?/m1/s1. The summed E-state index contributed by atoms with van der Waals surface area (Å²) in [5.41, 5.74) is 2.36. The molecule has 3 atom stereocenters. The Morgan fingerprint density at radius 3 is 2.93 bits per heavy atom. The summed E-state index contributed by atoms with van der Waals surface area (Å²) in [5.74, 6) is 1.34. The fourth-order valence-corrected chi connectivity index (χ4v) is 4.45. The Balaban J connectivity index is 1.42. The molecule has 2 aromatic rings. The van der Waals surface area contributed by atoms with Gasteiger partial charge < -0.3 is 19.9 Å². The molecular formula is C22H28N4O3. The van der Waals surface area contributed by atoms with Gasteiger partial charge in [0.1, 0.15) is 17.3 Å². The highest BCUT2D eigenvalue weighted by Crippen LogP contribution is 2.31. The van der Waals surface area contributed by atoms with Gasteiger partial charge in [-0.1, -0.05) is 25.1 Å². The number of rotatable bonds is 5. The maximum absolute atomic E-state index is 13.2. The van der Waals surface area contributed by atoms with Crippen molar-refractivity contribution >= 4 is 11.8 Å². The van der Waals surface area contributed by atoms with Gasteiger partial charge in [-0.2, -0.15) is 0 Å². The quantitative estimate of drug-likeness (QED) is 0.812. The van der Waals surface area contributed by atoms with Crippen LogP contribution in [0.4, 0.5) is 0 Å². The number of benzene rings is 1. The molecule has 2 N–H and O–H groups in total. The van der Waals surface area contributed by atoms with E-state index >= 15 is 0 Å². The Kier molecular flexibility index (Phi) is 5.30. The van der Waals surface area contributed by atoms with Gasteiger partial charge >= 0.3 is 0 Å². The number of ether oxygens (including phenoxy) is 1. The number of hydrogen-bond donors (Lipinski definition) is 2. The van der Waals surface area contributed by atoms with Gasteiger partial charge in [0.05, 0.1) is 6.04 Å². The summed E-state index contributed by atoms with van der Waals surface area (Å²) < 4.78 is 5.90. The molecule has 7 heteroatoms. The molecular weight excluding hydrogens is 368 g/mol. The van der Waals surface area contributed by atoms with Gasteiger partial charge in [0, 0.05) is 24.7 Å². The molecule has 3 heterocycles. The van der Waals surface area contributed by atoms with Crippen molar-refractivity contribution in [2.75, 3.05) is 6.54 Å². The van der Waals surface area contributed by atoms with E-state index in [4.69, 9.17) is 4.74 Å². The first-order valence-corrected chi connectivity index (χ1v) is 10.4. The fourth-order valence-electron chi connectivity index (χ4n) is 4.45. The highest BCUT2D eigenvalue weighted by atomic mass is 16.5. The fraction of sp³-hybridized carbons (Fsp3) is 0.500. The van der Waals surface area contributed by atoms with E-state index in [1.165, 1.54) is 0 Å². The number of H-pyrrole nitrogens is 1. The van der Waals surface area contributed by atoms with Crippen LogP contribution in [0.25, 0.3) is 0 Å². The molecule has 7 nitrogen and oxygen atoms in total. The second kappa shape index (κ2) is 7.89. The molecule has 1 aromatic carbocycles. The van der Waals surface area contributed by atoms with Crippen molar-refractivity contribution in [2.24, 2.45) is 0 Å². The Labute approximate surface area is 170 Å². The summed E-state index contributed by atoms with van der Waals surface area (Å²) in [5, 5.41) is 3.06. The number of amides is 2. The molecule has 4 rings (SSSR count). The van der Waals surface area contributed by atoms with Gasteiger partial charge in [0.25, 0.3) is 11.8 Å². The number of aromatic amines is 1. The van der Waals surface area contributed by atoms with Crippen molar-refractivity contribution in [3.05, 3.63) is 47.0 Å². The van der Waals surface area contributed by atoms with E-state index in [1.54, 1.807) is 0 Å². The topological polar surface area (TPSA) is 87.3 Å². The molecule has 2 aliphatic heterocycles. The van der Waals surface area contributed by atoms with Crippen LogP contribution in [0.1, 0.15) is 54.3 Å². The molecule has 0 bridgehead atoms. The maximum Gasteiger partial charge on any atom is 0.272 e. The summed E-state index contributed by atoms with van der Waals surface area (Å²) in [6, 6.07) is 7.59. The average Bonchev–Trinajstić information content (AvgIpc) is 3.44. The number of imidazole rings is 1. The van der Waals surface area contributed by atoms with Gasteiger partial charge in [0.15, 0.2) is 6.10 Å². The van der Waals surface area contributed by atoms with Crippen LogP contribution in [-0.2, 0) is 17.6 Å². The average molecular weight is 396 g/mol. The normalized spacial score (nSPS) is 21.6. The van der Waals surface area contributed by atoms with Crippen LogP contribution in [0.2, 0.25) is 0 Å². The van der Waals surface area contributed by atoms with Crippen LogP contribution in [0.5, 0.6) is 5.75 Å². The molecule has 154 valence electrons. The number of aryl methyl sites for hydroxylation is 2. The lowest BCUT2D eigenvalue weighted by atomic mass is 10.1. The van der Waals surface area contributed by atoms with Crippen LogP contribution < -0.4 is 10.1 Å². The first kappa shape index (κ1) is 19.5. The van der Waals surface area contributed by atoms with Gasteiger partial charge in [-0.05, 0) is 44.7 Å². The first-order chi connectivity index (χ1) is 14.0. The van der Waals surface area contributed by atoms with E-state index in [9.17, 15) is 9.59 Å². The first-order valence-electron chi connectivity index (χ1n) is 10.4. The number of nitrogens with one attached hydrogen (secondary N) is 2. The largest absolute Gasteiger partial charge is 0.480 e. The Morgan fingerprint density at radius 2 is 2.17 bits per heavy atom. The van der Waals surface area contributed by atoms with Crippen LogP contribution >= 0.6 is 0 Å². The van der Waals surface area contributed by atoms with E-state index < -0.39 is 6.10 Å². The van der Waals surface area contributed by atoms with Crippen LogP contribution in [0.3, 0.4) is 0 Å². The molecule has 2 amide bonds. The van der Waals surface area contributed by atoms with E-state index in [-0.39, 0.29) is 23.9 Å². The van der Waals surface area contributed by atoms with Crippen molar-refractivity contribution in [3.63, 3.8) is 0 Å². The van der Waals surface area contributed by atoms with E-state index in [0.29, 0.717) is 25.1 Å². The second-order valence-electron chi connectivity index (χ2n) is 7.92. The minimum atomic E-state index is -0.475. The number of nitrogens with zero attached hydrogens (tertiary/aromatic N) is 2. The van der Waals surface area contributed by atoms with E-state index in [2.05, 4.69) is 15.3 Å². The molecule has 2 aliphatic rings.